The standard InChI is InChI=1S/C22H42N4O6/c1-5-16-10-24(13-20(27)28)18(7-3)12-26(15-22(31)32)19(8-4)11-25(14-21(29)30)17(6-2)9-23-16/h16-19,23H,5-15H2,1-4H3,(H,27,28)(H,29,30)(H,31,32)/t16-,17-,18-,19-/m0/s1. The highest BCUT2D eigenvalue weighted by Crippen LogP contribution is 2.17. The van der Waals surface area contributed by atoms with E-state index < -0.39 is 17.9 Å². The Balaban J connectivity index is 3.38. The van der Waals surface area contributed by atoms with Crippen LogP contribution in [0.1, 0.15) is 53.4 Å². The Labute approximate surface area is 191 Å². The maximum absolute atomic E-state index is 11.7. The SMILES string of the molecule is CC[C@H]1CN(CC(=O)O)[C@@H](CC)CN(CC(=O)O)[C@@H](CC)CN(CC(=O)O)[C@@H](CC)CN1. The van der Waals surface area contributed by atoms with E-state index in [1.54, 1.807) is 0 Å². The summed E-state index contributed by atoms with van der Waals surface area (Å²) in [7, 11) is 0. The minimum Gasteiger partial charge on any atom is -0.480 e. The van der Waals surface area contributed by atoms with E-state index in [9.17, 15) is 29.7 Å². The number of hydrogen-bond acceptors (Lipinski definition) is 7. The van der Waals surface area contributed by atoms with Crippen LogP contribution in [0.3, 0.4) is 0 Å². The lowest BCUT2D eigenvalue weighted by Crippen LogP contribution is -2.58. The molecule has 0 saturated carbocycles. The van der Waals surface area contributed by atoms with Gasteiger partial charge in [0.05, 0.1) is 19.6 Å². The van der Waals surface area contributed by atoms with Crippen molar-refractivity contribution in [1.82, 2.24) is 20.0 Å². The predicted octanol–water partition coefficient (Wildman–Crippen LogP) is 0.864. The fraction of sp³-hybridized carbons (Fsp3) is 0.864. The summed E-state index contributed by atoms with van der Waals surface area (Å²) in [4.78, 5) is 40.6. The summed E-state index contributed by atoms with van der Waals surface area (Å²) in [5, 5.41) is 32.1. The van der Waals surface area contributed by atoms with Crippen LogP contribution in [0.15, 0.2) is 0 Å². The van der Waals surface area contributed by atoms with Crippen LogP contribution in [0.4, 0.5) is 0 Å². The van der Waals surface area contributed by atoms with E-state index in [4.69, 9.17) is 0 Å². The van der Waals surface area contributed by atoms with Crippen molar-refractivity contribution >= 4 is 17.9 Å². The third kappa shape index (κ3) is 9.40. The molecule has 0 aromatic carbocycles. The fourth-order valence-electron chi connectivity index (χ4n) is 4.55. The molecule has 1 aliphatic rings. The molecule has 1 saturated heterocycles. The zero-order valence-electron chi connectivity index (χ0n) is 20.0. The fourth-order valence-corrected chi connectivity index (χ4v) is 4.55. The lowest BCUT2D eigenvalue weighted by Gasteiger charge is -2.42. The zero-order chi connectivity index (χ0) is 24.3. The summed E-state index contributed by atoms with van der Waals surface area (Å²) in [6.07, 6.45) is 2.91. The van der Waals surface area contributed by atoms with Crippen LogP contribution in [-0.2, 0) is 14.4 Å². The average Bonchev–Trinajstić information content (AvgIpc) is 2.71. The minimum atomic E-state index is -0.944. The molecule has 0 aromatic heterocycles. The third-order valence-electron chi connectivity index (χ3n) is 6.46. The van der Waals surface area contributed by atoms with Crippen LogP contribution < -0.4 is 5.32 Å². The molecule has 10 heteroatoms. The Morgan fingerprint density at radius 1 is 0.656 bits per heavy atom. The Morgan fingerprint density at radius 2 is 1.03 bits per heavy atom. The number of rotatable bonds is 10. The summed E-state index contributed by atoms with van der Waals surface area (Å²) in [6, 6.07) is -0.236. The van der Waals surface area contributed by atoms with Crippen molar-refractivity contribution in [3.05, 3.63) is 0 Å². The Morgan fingerprint density at radius 3 is 1.38 bits per heavy atom. The van der Waals surface area contributed by atoms with Crippen molar-refractivity contribution in [2.45, 2.75) is 77.5 Å². The van der Waals surface area contributed by atoms with E-state index in [-0.39, 0.29) is 43.8 Å². The summed E-state index contributed by atoms with van der Waals surface area (Å²) in [5.74, 6) is -2.75. The lowest BCUT2D eigenvalue weighted by molar-refractivity contribution is -0.142. The first kappa shape index (κ1) is 28.3. The molecule has 32 heavy (non-hydrogen) atoms. The first-order valence-electron chi connectivity index (χ1n) is 11.8. The molecule has 1 aliphatic heterocycles. The molecule has 10 nitrogen and oxygen atoms in total. The molecule has 0 spiro atoms. The van der Waals surface area contributed by atoms with Crippen LogP contribution in [0.2, 0.25) is 0 Å². The van der Waals surface area contributed by atoms with Gasteiger partial charge in [0.25, 0.3) is 0 Å². The van der Waals surface area contributed by atoms with Gasteiger partial charge >= 0.3 is 17.9 Å². The van der Waals surface area contributed by atoms with E-state index in [2.05, 4.69) is 5.32 Å². The van der Waals surface area contributed by atoms with Crippen LogP contribution in [0.25, 0.3) is 0 Å². The van der Waals surface area contributed by atoms with E-state index >= 15 is 0 Å². The molecular weight excluding hydrogens is 416 g/mol. The van der Waals surface area contributed by atoms with Crippen LogP contribution in [0, 0.1) is 0 Å². The van der Waals surface area contributed by atoms with Gasteiger partial charge < -0.3 is 20.6 Å². The monoisotopic (exact) mass is 458 g/mol. The van der Waals surface area contributed by atoms with E-state index in [1.165, 1.54) is 0 Å². The number of nitrogens with zero attached hydrogens (tertiary/aromatic N) is 3. The second kappa shape index (κ2) is 14.4. The van der Waals surface area contributed by atoms with Gasteiger partial charge in [-0.3, -0.25) is 29.1 Å². The maximum atomic E-state index is 11.7. The highest BCUT2D eigenvalue weighted by molar-refractivity contribution is 5.70. The molecule has 0 amide bonds. The number of carboxylic acid groups (broad SMARTS) is 3. The summed E-state index contributed by atoms with van der Waals surface area (Å²) >= 11 is 0. The van der Waals surface area contributed by atoms with E-state index in [0.29, 0.717) is 39.0 Å². The van der Waals surface area contributed by atoms with Gasteiger partial charge in [-0.2, -0.15) is 0 Å². The van der Waals surface area contributed by atoms with Crippen molar-refractivity contribution in [3.63, 3.8) is 0 Å². The number of carboxylic acids is 3. The summed E-state index contributed by atoms with van der Waals surface area (Å²) in [6.45, 7) is 9.67. The van der Waals surface area contributed by atoms with Gasteiger partial charge in [0, 0.05) is 50.3 Å². The molecule has 4 N–H and O–H groups in total. The van der Waals surface area contributed by atoms with Crippen molar-refractivity contribution in [2.75, 3.05) is 45.8 Å². The van der Waals surface area contributed by atoms with Gasteiger partial charge in [-0.15, -0.1) is 0 Å². The van der Waals surface area contributed by atoms with Gasteiger partial charge in [-0.1, -0.05) is 27.7 Å². The second-order valence-corrected chi connectivity index (χ2v) is 8.67. The van der Waals surface area contributed by atoms with Gasteiger partial charge in [0.1, 0.15) is 0 Å². The number of carbonyl (C=O) groups is 3. The molecule has 0 bridgehead atoms. The molecule has 4 atom stereocenters. The number of hydrogen-bond donors (Lipinski definition) is 4. The minimum absolute atomic E-state index is 0.0183. The first-order chi connectivity index (χ1) is 15.1. The highest BCUT2D eigenvalue weighted by atomic mass is 16.4. The van der Waals surface area contributed by atoms with Gasteiger partial charge in [-0.25, -0.2) is 0 Å². The topological polar surface area (TPSA) is 134 Å². The van der Waals surface area contributed by atoms with Crippen molar-refractivity contribution < 1.29 is 29.7 Å². The van der Waals surface area contributed by atoms with Crippen LogP contribution in [-0.4, -0.2) is 118 Å². The molecule has 0 aliphatic carbocycles. The Kier molecular flexibility index (Phi) is 12.7. The Hall–Kier alpha value is -1.75. The summed E-state index contributed by atoms with van der Waals surface area (Å²) in [5.41, 5.74) is 0. The first-order valence-corrected chi connectivity index (χ1v) is 11.8. The number of nitrogens with one attached hydrogen (secondary N) is 1. The maximum Gasteiger partial charge on any atom is 0.317 e. The molecule has 186 valence electrons. The highest BCUT2D eigenvalue weighted by Gasteiger charge is 2.32. The third-order valence-corrected chi connectivity index (χ3v) is 6.46. The molecule has 1 fully saturated rings. The zero-order valence-corrected chi connectivity index (χ0v) is 20.0. The van der Waals surface area contributed by atoms with Gasteiger partial charge in [0.15, 0.2) is 0 Å². The predicted molar refractivity (Wildman–Crippen MR) is 122 cm³/mol. The average molecular weight is 459 g/mol. The van der Waals surface area contributed by atoms with E-state index in [1.807, 2.05) is 42.4 Å². The molecule has 0 unspecified atom stereocenters. The van der Waals surface area contributed by atoms with Gasteiger partial charge in [-0.05, 0) is 25.7 Å². The van der Waals surface area contributed by atoms with Crippen LogP contribution >= 0.6 is 0 Å². The molecule has 1 rings (SSSR count). The number of aliphatic carboxylic acids is 3. The second-order valence-electron chi connectivity index (χ2n) is 8.67. The molecule has 0 aromatic rings. The lowest BCUT2D eigenvalue weighted by atomic mass is 10.0. The Bertz CT molecular complexity index is 591. The van der Waals surface area contributed by atoms with Crippen LogP contribution in [0.5, 0.6) is 0 Å². The summed E-state index contributed by atoms with van der Waals surface area (Å²) < 4.78 is 0. The molecular formula is C22H42N4O6. The largest absolute Gasteiger partial charge is 0.480 e. The molecule has 0 radical (unpaired) electrons. The van der Waals surface area contributed by atoms with Crippen molar-refractivity contribution in [2.24, 2.45) is 0 Å². The van der Waals surface area contributed by atoms with E-state index in [0.717, 1.165) is 12.8 Å². The van der Waals surface area contributed by atoms with Gasteiger partial charge in [0.2, 0.25) is 0 Å². The quantitative estimate of drug-likeness (QED) is 0.373. The smallest absolute Gasteiger partial charge is 0.317 e. The normalized spacial score (nSPS) is 27.4. The van der Waals surface area contributed by atoms with Crippen molar-refractivity contribution in [3.8, 4) is 0 Å². The molecule has 1 heterocycles. The van der Waals surface area contributed by atoms with Crippen molar-refractivity contribution in [1.29, 1.82) is 0 Å².